The zero-order chi connectivity index (χ0) is 11.4. The molecule has 1 amide bonds. The van der Waals surface area contributed by atoms with Crippen LogP contribution in [0.1, 0.15) is 45.4 Å². The summed E-state index contributed by atoms with van der Waals surface area (Å²) in [6.45, 7) is 4.29. The Labute approximate surface area is 98.4 Å². The van der Waals surface area contributed by atoms with Gasteiger partial charge in [0.1, 0.15) is 0 Å². The molecule has 0 bridgehead atoms. The minimum Gasteiger partial charge on any atom is -0.353 e. The predicted molar refractivity (Wildman–Crippen MR) is 65.2 cm³/mol. The van der Waals surface area contributed by atoms with Crippen molar-refractivity contribution in [1.29, 1.82) is 0 Å². The van der Waals surface area contributed by atoms with Crippen molar-refractivity contribution in [2.75, 3.05) is 13.1 Å². The molecule has 1 saturated carbocycles. The Kier molecular flexibility index (Phi) is 4.22. The number of amides is 1. The third-order valence-electron chi connectivity index (χ3n) is 4.12. The molecule has 3 nitrogen and oxygen atoms in total. The van der Waals surface area contributed by atoms with Crippen molar-refractivity contribution in [2.45, 2.75) is 51.5 Å². The van der Waals surface area contributed by atoms with Gasteiger partial charge >= 0.3 is 0 Å². The second-order valence-corrected chi connectivity index (χ2v) is 5.46. The van der Waals surface area contributed by atoms with E-state index in [9.17, 15) is 4.79 Å². The number of hydrogen-bond acceptors (Lipinski definition) is 2. The molecule has 3 heteroatoms. The van der Waals surface area contributed by atoms with Crippen molar-refractivity contribution in [3.8, 4) is 0 Å². The Bertz CT molecular complexity index is 226. The van der Waals surface area contributed by atoms with Gasteiger partial charge in [-0.2, -0.15) is 0 Å². The first-order valence-corrected chi connectivity index (χ1v) is 6.76. The summed E-state index contributed by atoms with van der Waals surface area (Å²) in [6, 6.07) is 0.387. The molecule has 2 rings (SSSR count). The van der Waals surface area contributed by atoms with E-state index in [-0.39, 0.29) is 5.91 Å². The van der Waals surface area contributed by atoms with Crippen LogP contribution < -0.4 is 10.6 Å². The van der Waals surface area contributed by atoms with Gasteiger partial charge < -0.3 is 10.6 Å². The van der Waals surface area contributed by atoms with E-state index in [4.69, 9.17) is 0 Å². The van der Waals surface area contributed by atoms with Gasteiger partial charge in [0.15, 0.2) is 0 Å². The van der Waals surface area contributed by atoms with Gasteiger partial charge in [-0.3, -0.25) is 4.79 Å². The molecule has 1 aliphatic carbocycles. The monoisotopic (exact) mass is 224 g/mol. The number of nitrogens with one attached hydrogen (secondary N) is 2. The third kappa shape index (κ3) is 3.21. The van der Waals surface area contributed by atoms with E-state index >= 15 is 0 Å². The maximum atomic E-state index is 11.8. The average molecular weight is 224 g/mol. The second-order valence-electron chi connectivity index (χ2n) is 5.46. The molecule has 0 aromatic rings. The van der Waals surface area contributed by atoms with Crippen LogP contribution in [0.25, 0.3) is 0 Å². The highest BCUT2D eigenvalue weighted by molar-refractivity contribution is 5.76. The van der Waals surface area contributed by atoms with Gasteiger partial charge in [0.05, 0.1) is 0 Å². The van der Waals surface area contributed by atoms with Crippen molar-refractivity contribution in [2.24, 2.45) is 11.8 Å². The largest absolute Gasteiger partial charge is 0.353 e. The molecule has 1 aliphatic heterocycles. The fourth-order valence-electron chi connectivity index (χ4n) is 2.73. The van der Waals surface area contributed by atoms with Gasteiger partial charge in [0.2, 0.25) is 5.91 Å². The van der Waals surface area contributed by atoms with Gasteiger partial charge in [-0.05, 0) is 57.5 Å². The Morgan fingerprint density at radius 2 is 2.19 bits per heavy atom. The molecule has 2 N–H and O–H groups in total. The molecule has 0 spiro atoms. The Morgan fingerprint density at radius 1 is 1.38 bits per heavy atom. The normalized spacial score (nSPS) is 28.2. The van der Waals surface area contributed by atoms with E-state index in [1.807, 2.05) is 0 Å². The van der Waals surface area contributed by atoms with Gasteiger partial charge in [0, 0.05) is 12.5 Å². The highest BCUT2D eigenvalue weighted by atomic mass is 16.1. The highest BCUT2D eigenvalue weighted by Crippen LogP contribution is 2.29. The molecule has 0 aromatic heterocycles. The van der Waals surface area contributed by atoms with Crippen LogP contribution in [0, 0.1) is 11.8 Å². The topological polar surface area (TPSA) is 41.1 Å². The van der Waals surface area contributed by atoms with E-state index in [2.05, 4.69) is 17.6 Å². The molecule has 1 heterocycles. The van der Waals surface area contributed by atoms with E-state index in [0.717, 1.165) is 19.0 Å². The second kappa shape index (κ2) is 5.67. The number of hydrogen-bond donors (Lipinski definition) is 2. The zero-order valence-electron chi connectivity index (χ0n) is 10.3. The lowest BCUT2D eigenvalue weighted by molar-refractivity contribution is -0.123. The molecule has 1 saturated heterocycles. The van der Waals surface area contributed by atoms with Crippen LogP contribution in [0.15, 0.2) is 0 Å². The van der Waals surface area contributed by atoms with Crippen LogP contribution in [0.5, 0.6) is 0 Å². The SMILES string of the molecule is CC(NC(=O)CC1CCCNC1)C1CCC1. The minimum atomic E-state index is 0.257. The van der Waals surface area contributed by atoms with Gasteiger partial charge in [0.25, 0.3) is 0 Å². The maximum absolute atomic E-state index is 11.8. The zero-order valence-corrected chi connectivity index (χ0v) is 10.3. The number of carbonyl (C=O) groups is 1. The van der Waals surface area contributed by atoms with E-state index in [1.165, 1.54) is 32.1 Å². The van der Waals surface area contributed by atoms with Crippen LogP contribution in [0.2, 0.25) is 0 Å². The van der Waals surface area contributed by atoms with Gasteiger partial charge in [-0.1, -0.05) is 6.42 Å². The lowest BCUT2D eigenvalue weighted by atomic mass is 9.80. The standard InChI is InChI=1S/C13H24N2O/c1-10(12-5-2-6-12)15-13(16)8-11-4-3-7-14-9-11/h10-12,14H,2-9H2,1H3,(H,15,16). The Balaban J connectivity index is 1.66. The Hall–Kier alpha value is -0.570. The summed E-state index contributed by atoms with van der Waals surface area (Å²) in [5.41, 5.74) is 0. The van der Waals surface area contributed by atoms with Gasteiger partial charge in [-0.25, -0.2) is 0 Å². The molecule has 16 heavy (non-hydrogen) atoms. The van der Waals surface area contributed by atoms with Crippen molar-refractivity contribution in [3.63, 3.8) is 0 Å². The Morgan fingerprint density at radius 3 is 2.75 bits per heavy atom. The smallest absolute Gasteiger partial charge is 0.220 e. The summed E-state index contributed by atoms with van der Waals surface area (Å²) in [5.74, 6) is 1.56. The predicted octanol–water partition coefficient (Wildman–Crippen LogP) is 1.68. The first-order chi connectivity index (χ1) is 7.75. The summed E-state index contributed by atoms with van der Waals surface area (Å²) in [5, 5.41) is 6.52. The molecular weight excluding hydrogens is 200 g/mol. The molecule has 2 atom stereocenters. The van der Waals surface area contributed by atoms with Crippen molar-refractivity contribution in [1.82, 2.24) is 10.6 Å². The summed E-state index contributed by atoms with van der Waals surface area (Å²) < 4.78 is 0. The third-order valence-corrected chi connectivity index (χ3v) is 4.12. The lowest BCUT2D eigenvalue weighted by Crippen LogP contribution is -2.42. The fraction of sp³-hybridized carbons (Fsp3) is 0.923. The highest BCUT2D eigenvalue weighted by Gasteiger charge is 2.25. The lowest BCUT2D eigenvalue weighted by Gasteiger charge is -2.32. The van der Waals surface area contributed by atoms with Crippen molar-refractivity contribution in [3.05, 3.63) is 0 Å². The molecule has 2 aliphatic rings. The van der Waals surface area contributed by atoms with E-state index in [0.29, 0.717) is 18.4 Å². The fourth-order valence-corrected chi connectivity index (χ4v) is 2.73. The number of rotatable bonds is 4. The number of carbonyl (C=O) groups excluding carboxylic acids is 1. The summed E-state index contributed by atoms with van der Waals surface area (Å²) in [4.78, 5) is 11.8. The molecule has 0 aromatic carbocycles. The maximum Gasteiger partial charge on any atom is 0.220 e. The van der Waals surface area contributed by atoms with Crippen LogP contribution in [0.4, 0.5) is 0 Å². The first kappa shape index (κ1) is 11.9. The van der Waals surface area contributed by atoms with E-state index in [1.54, 1.807) is 0 Å². The quantitative estimate of drug-likeness (QED) is 0.763. The molecule has 2 fully saturated rings. The van der Waals surface area contributed by atoms with E-state index < -0.39 is 0 Å². The van der Waals surface area contributed by atoms with Crippen molar-refractivity contribution >= 4 is 5.91 Å². The average Bonchev–Trinajstić information content (AvgIpc) is 2.15. The molecule has 0 radical (unpaired) electrons. The van der Waals surface area contributed by atoms with Crippen LogP contribution in [-0.2, 0) is 4.79 Å². The molecular formula is C13H24N2O. The summed E-state index contributed by atoms with van der Waals surface area (Å²) in [6.07, 6.45) is 7.08. The molecule has 2 unspecified atom stereocenters. The van der Waals surface area contributed by atoms with Crippen LogP contribution in [-0.4, -0.2) is 25.0 Å². The molecule has 92 valence electrons. The minimum absolute atomic E-state index is 0.257. The van der Waals surface area contributed by atoms with Crippen molar-refractivity contribution < 1.29 is 4.79 Å². The first-order valence-electron chi connectivity index (χ1n) is 6.76. The van der Waals surface area contributed by atoms with Crippen LogP contribution >= 0.6 is 0 Å². The summed E-state index contributed by atoms with van der Waals surface area (Å²) in [7, 11) is 0. The summed E-state index contributed by atoms with van der Waals surface area (Å²) >= 11 is 0. The number of piperidine rings is 1. The van der Waals surface area contributed by atoms with Gasteiger partial charge in [-0.15, -0.1) is 0 Å². The van der Waals surface area contributed by atoms with Crippen LogP contribution in [0.3, 0.4) is 0 Å².